The number of rotatable bonds is 6. The summed E-state index contributed by atoms with van der Waals surface area (Å²) in [5.41, 5.74) is 8.68. The standard InChI is InChI=1S/C45H61BP3/c1-41(2,3)32-26-31(30-49(46,34-22-18-16-19-23-34)35-24-20-17-21-25-35)39(36(27-32)43(7,8)9)47-48-40-37(44(10,11)12)28-33(42(4,5)6)29-38(40)45(13,14)15/h16-29H,30H2,1-15H3. The van der Waals surface area contributed by atoms with Crippen molar-refractivity contribution in [3.05, 3.63) is 118 Å². The first kappa shape index (κ1) is 39.8. The van der Waals surface area contributed by atoms with E-state index in [0.29, 0.717) is 0 Å². The lowest BCUT2D eigenvalue weighted by molar-refractivity contribution is 0.554. The van der Waals surface area contributed by atoms with Gasteiger partial charge >= 0.3 is 0 Å². The normalized spacial score (nSPS) is 13.7. The topological polar surface area (TPSA) is 0 Å². The molecule has 4 rings (SSSR count). The molecule has 4 aromatic rings. The molecule has 4 aromatic carbocycles. The second-order valence-corrected chi connectivity index (χ2v) is 24.7. The van der Waals surface area contributed by atoms with Crippen LogP contribution in [0.3, 0.4) is 0 Å². The molecule has 0 atom stereocenters. The van der Waals surface area contributed by atoms with E-state index in [1.54, 1.807) is 0 Å². The summed E-state index contributed by atoms with van der Waals surface area (Å²) in [6, 6.07) is 31.8. The van der Waals surface area contributed by atoms with E-state index in [-0.39, 0.29) is 27.1 Å². The molecular weight excluding hydrogens is 644 g/mol. The molecule has 0 saturated heterocycles. The summed E-state index contributed by atoms with van der Waals surface area (Å²) in [5, 5.41) is 5.44. The zero-order valence-corrected chi connectivity index (χ0v) is 35.9. The third-order valence-corrected chi connectivity index (χ3v) is 15.8. The molecule has 0 aliphatic rings. The molecule has 259 valence electrons. The van der Waals surface area contributed by atoms with Gasteiger partial charge in [0.1, 0.15) is 0 Å². The highest BCUT2D eigenvalue weighted by Crippen LogP contribution is 2.55. The van der Waals surface area contributed by atoms with Crippen LogP contribution in [-0.4, -0.2) is 7.57 Å². The summed E-state index contributed by atoms with van der Waals surface area (Å²) in [4.78, 5) is 0. The third kappa shape index (κ3) is 9.26. The van der Waals surface area contributed by atoms with Gasteiger partial charge in [0.05, 0.1) is 0 Å². The Morgan fingerprint density at radius 3 is 1.12 bits per heavy atom. The molecule has 3 radical (unpaired) electrons. The van der Waals surface area contributed by atoms with Crippen molar-refractivity contribution in [3.8, 4) is 0 Å². The molecule has 0 heterocycles. The highest BCUT2D eigenvalue weighted by molar-refractivity contribution is 8.08. The quantitative estimate of drug-likeness (QED) is 0.138. The molecule has 0 unspecified atom stereocenters. The SMILES string of the molecule is [B-][P+](Cc1cc(C(C)(C)C)cc(C(C)(C)C)c1P=Pc1c(C(C)(C)C)cc(C(C)(C)C)cc1C(C)(C)C)(c1ccccc1)c1ccccc1. The van der Waals surface area contributed by atoms with Crippen molar-refractivity contribution < 1.29 is 0 Å². The Morgan fingerprint density at radius 1 is 0.449 bits per heavy atom. The highest BCUT2D eigenvalue weighted by Gasteiger charge is 2.32. The van der Waals surface area contributed by atoms with Gasteiger partial charge in [-0.2, -0.15) is 7.14 Å². The predicted molar refractivity (Wildman–Crippen MR) is 228 cm³/mol. The van der Waals surface area contributed by atoms with Gasteiger partial charge in [0.2, 0.25) is 0 Å². The van der Waals surface area contributed by atoms with Crippen LogP contribution in [0.15, 0.2) is 84.9 Å². The van der Waals surface area contributed by atoms with E-state index in [9.17, 15) is 0 Å². The van der Waals surface area contributed by atoms with Crippen LogP contribution in [0.2, 0.25) is 0 Å². The zero-order chi connectivity index (χ0) is 36.8. The molecule has 0 aliphatic carbocycles. The molecule has 0 N–H and O–H groups in total. The van der Waals surface area contributed by atoms with Gasteiger partial charge in [0, 0.05) is 27.4 Å². The molecule has 0 fully saturated rings. The Bertz CT molecular complexity index is 1710. The number of hydrogen-bond acceptors (Lipinski definition) is 0. The van der Waals surface area contributed by atoms with E-state index in [1.807, 2.05) is 0 Å². The van der Waals surface area contributed by atoms with E-state index >= 15 is 0 Å². The minimum Gasteiger partial charge on any atom is -0.291 e. The van der Waals surface area contributed by atoms with Crippen molar-refractivity contribution in [2.24, 2.45) is 0 Å². The van der Waals surface area contributed by atoms with Crippen molar-refractivity contribution in [2.75, 3.05) is 0 Å². The Morgan fingerprint density at radius 2 is 0.776 bits per heavy atom. The second kappa shape index (κ2) is 14.2. The fourth-order valence-electron chi connectivity index (χ4n) is 6.34. The first-order valence-corrected chi connectivity index (χ1v) is 22.4. The van der Waals surface area contributed by atoms with Gasteiger partial charge in [0.15, 0.2) is 0 Å². The van der Waals surface area contributed by atoms with Crippen LogP contribution in [0.25, 0.3) is 0 Å². The molecule has 4 heteroatoms. The van der Waals surface area contributed by atoms with E-state index in [0.717, 1.165) is 6.16 Å². The lowest BCUT2D eigenvalue weighted by atomic mass is 9.75. The van der Waals surface area contributed by atoms with Gasteiger partial charge in [-0.25, -0.2) is 0 Å². The van der Waals surface area contributed by atoms with Crippen LogP contribution in [0.4, 0.5) is 0 Å². The average molecular weight is 706 g/mol. The Hall–Kier alpha value is -2.03. The Kier molecular flexibility index (Phi) is 11.5. The minimum atomic E-state index is -2.27. The van der Waals surface area contributed by atoms with E-state index in [2.05, 4.69) is 189 Å². The largest absolute Gasteiger partial charge is 0.291 e. The van der Waals surface area contributed by atoms with Crippen LogP contribution in [0, 0.1) is 0 Å². The van der Waals surface area contributed by atoms with Crippen LogP contribution < -0.4 is 21.2 Å². The van der Waals surface area contributed by atoms with Crippen molar-refractivity contribution in [2.45, 2.75) is 137 Å². The summed E-state index contributed by atoms with van der Waals surface area (Å²) < 4.78 is 0. The molecular formula is C45H61BP3. The van der Waals surface area contributed by atoms with Gasteiger partial charge < -0.3 is 0 Å². The van der Waals surface area contributed by atoms with Gasteiger partial charge in [0.25, 0.3) is 0 Å². The lowest BCUT2D eigenvalue weighted by Gasteiger charge is -2.38. The average Bonchev–Trinajstić information content (AvgIpc) is 2.98. The predicted octanol–water partition coefficient (Wildman–Crippen LogP) is 12.2. The van der Waals surface area contributed by atoms with Crippen LogP contribution in [0.5, 0.6) is 0 Å². The summed E-state index contributed by atoms with van der Waals surface area (Å²) in [5.74, 6) is 0. The minimum absolute atomic E-state index is 0.0126. The smallest absolute Gasteiger partial charge is 0.0470 e. The van der Waals surface area contributed by atoms with E-state index < -0.39 is 7.14 Å². The van der Waals surface area contributed by atoms with Crippen LogP contribution >= 0.6 is 22.9 Å². The summed E-state index contributed by atoms with van der Waals surface area (Å²) >= 11 is 0. The molecule has 49 heavy (non-hydrogen) atoms. The first-order chi connectivity index (χ1) is 22.3. The maximum absolute atomic E-state index is 7.79. The third-order valence-electron chi connectivity index (χ3n) is 9.56. The first-order valence-electron chi connectivity index (χ1n) is 17.9. The summed E-state index contributed by atoms with van der Waals surface area (Å²) in [7, 11) is 8.15. The number of hydrogen-bond donors (Lipinski definition) is 0. The van der Waals surface area contributed by atoms with Crippen LogP contribution in [-0.2, 0) is 33.2 Å². The maximum Gasteiger partial charge on any atom is 0.0470 e. The van der Waals surface area contributed by atoms with Crippen LogP contribution in [0.1, 0.15) is 137 Å². The molecule has 0 nitrogen and oxygen atoms in total. The van der Waals surface area contributed by atoms with Gasteiger partial charge in [-0.05, 0) is 100 Å². The maximum atomic E-state index is 7.79. The van der Waals surface area contributed by atoms with E-state index in [4.69, 9.17) is 7.57 Å². The lowest BCUT2D eigenvalue weighted by Crippen LogP contribution is -2.30. The molecule has 0 aliphatic heterocycles. The van der Waals surface area contributed by atoms with Gasteiger partial charge in [-0.3, -0.25) is 7.57 Å². The Labute approximate surface area is 305 Å². The second-order valence-electron chi connectivity index (χ2n) is 19.1. The number of benzene rings is 4. The summed E-state index contributed by atoms with van der Waals surface area (Å²) in [6.45, 7) is 35.5. The van der Waals surface area contributed by atoms with E-state index in [1.165, 1.54) is 70.3 Å². The Balaban J connectivity index is 2.11. The van der Waals surface area contributed by atoms with Crippen molar-refractivity contribution in [3.63, 3.8) is 0 Å². The molecule has 0 bridgehead atoms. The fraction of sp³-hybridized carbons (Fsp3) is 0.467. The molecule has 0 saturated carbocycles. The van der Waals surface area contributed by atoms with Gasteiger partial charge in [-0.15, -0.1) is 0 Å². The highest BCUT2D eigenvalue weighted by atomic mass is 31.7. The molecule has 0 spiro atoms. The zero-order valence-electron chi connectivity index (χ0n) is 33.2. The van der Waals surface area contributed by atoms with Crippen molar-refractivity contribution in [1.82, 2.24) is 0 Å². The molecule has 0 amide bonds. The van der Waals surface area contributed by atoms with Crippen molar-refractivity contribution in [1.29, 1.82) is 0 Å². The summed E-state index contributed by atoms with van der Waals surface area (Å²) in [6.07, 6.45) is 0.826. The van der Waals surface area contributed by atoms with Crippen molar-refractivity contribution >= 4 is 51.7 Å². The molecule has 0 aromatic heterocycles. The fourth-order valence-corrected chi connectivity index (χ4v) is 13.3. The van der Waals surface area contributed by atoms with Gasteiger partial charge in [-0.1, -0.05) is 165 Å². The monoisotopic (exact) mass is 705 g/mol.